The Kier molecular flexibility index (Phi) is 7.39. The Hall–Kier alpha value is -6.94. The smallest absolute Gasteiger partial charge is 0.143 e. The number of benzene rings is 9. The van der Waals surface area contributed by atoms with E-state index in [4.69, 9.17) is 4.42 Å². The van der Waals surface area contributed by atoms with E-state index < -0.39 is 0 Å². The molecule has 11 rings (SSSR count). The molecule has 0 saturated heterocycles. The molecule has 0 atom stereocenters. The van der Waals surface area contributed by atoms with Gasteiger partial charge in [-0.3, -0.25) is 0 Å². The summed E-state index contributed by atoms with van der Waals surface area (Å²) >= 11 is 1.85. The van der Waals surface area contributed by atoms with Crippen LogP contribution in [0.1, 0.15) is 0 Å². The van der Waals surface area contributed by atoms with Gasteiger partial charge in [-0.1, -0.05) is 152 Å². The van der Waals surface area contributed by atoms with E-state index >= 15 is 0 Å². The summed E-state index contributed by atoms with van der Waals surface area (Å²) in [5.41, 5.74) is 12.1. The normalized spacial score (nSPS) is 11.6. The maximum atomic E-state index is 7.01. The van der Waals surface area contributed by atoms with E-state index in [1.807, 2.05) is 11.3 Å². The molecule has 258 valence electrons. The predicted octanol–water partition coefficient (Wildman–Crippen LogP) is 15.6. The van der Waals surface area contributed by atoms with Crippen LogP contribution < -0.4 is 4.90 Å². The van der Waals surface area contributed by atoms with Crippen LogP contribution in [0.2, 0.25) is 0 Å². The van der Waals surface area contributed by atoms with Gasteiger partial charge in [0.05, 0.1) is 10.4 Å². The second-order valence-corrected chi connectivity index (χ2v) is 15.1. The minimum atomic E-state index is 0.861. The molecule has 11 aromatic rings. The molecule has 9 aromatic carbocycles. The lowest BCUT2D eigenvalue weighted by Crippen LogP contribution is -2.10. The van der Waals surface area contributed by atoms with E-state index in [1.54, 1.807) is 0 Å². The third-order valence-electron chi connectivity index (χ3n) is 10.9. The molecule has 0 amide bonds. The summed E-state index contributed by atoms with van der Waals surface area (Å²) in [5.74, 6) is 0. The third-order valence-corrected chi connectivity index (χ3v) is 12.1. The van der Waals surface area contributed by atoms with Crippen molar-refractivity contribution in [1.29, 1.82) is 0 Å². The third kappa shape index (κ3) is 5.32. The van der Waals surface area contributed by atoms with Crippen LogP contribution in [0.25, 0.3) is 86.3 Å². The molecule has 0 radical (unpaired) electrons. The number of rotatable bonds is 6. The van der Waals surface area contributed by atoms with Gasteiger partial charge >= 0.3 is 0 Å². The van der Waals surface area contributed by atoms with Crippen molar-refractivity contribution in [2.24, 2.45) is 0 Å². The predicted molar refractivity (Wildman–Crippen MR) is 235 cm³/mol. The molecule has 0 aliphatic carbocycles. The molecular weight excluding hydrogens is 687 g/mol. The summed E-state index contributed by atoms with van der Waals surface area (Å²) in [7, 11) is 0. The fourth-order valence-corrected chi connectivity index (χ4v) is 9.42. The lowest BCUT2D eigenvalue weighted by atomic mass is 9.94. The highest BCUT2D eigenvalue weighted by atomic mass is 32.1. The monoisotopic (exact) mass is 719 g/mol. The standard InChI is InChI=1S/C52H33NOS/c1-3-12-34(13-4-1)36-22-24-38(25-23-36)50-42-17-8-7-16-39(42)32-46-43-31-30-41(33-48(43)54-51(46)50)53(40-28-26-37(27-29-40)35-14-5-2-6-15-35)47-20-11-19-45-44-18-9-10-21-49(44)55-52(45)47/h1-33H. The number of nitrogens with zero attached hydrogens (tertiary/aromatic N) is 1. The topological polar surface area (TPSA) is 16.4 Å². The summed E-state index contributed by atoms with van der Waals surface area (Å²) in [6.45, 7) is 0. The van der Waals surface area contributed by atoms with E-state index in [0.29, 0.717) is 0 Å². The van der Waals surface area contributed by atoms with Crippen molar-refractivity contribution in [2.75, 3.05) is 4.90 Å². The second kappa shape index (κ2) is 12.9. The van der Waals surface area contributed by atoms with Crippen molar-refractivity contribution in [3.05, 3.63) is 200 Å². The van der Waals surface area contributed by atoms with Gasteiger partial charge in [0.15, 0.2) is 0 Å². The summed E-state index contributed by atoms with van der Waals surface area (Å²) in [6.07, 6.45) is 0. The van der Waals surface area contributed by atoms with E-state index in [-0.39, 0.29) is 0 Å². The van der Waals surface area contributed by atoms with Crippen LogP contribution >= 0.6 is 11.3 Å². The fourth-order valence-electron chi connectivity index (χ4n) is 8.22. The number of hydrogen-bond donors (Lipinski definition) is 0. The lowest BCUT2D eigenvalue weighted by molar-refractivity contribution is 0.670. The summed E-state index contributed by atoms with van der Waals surface area (Å²) in [4.78, 5) is 2.39. The summed E-state index contributed by atoms with van der Waals surface area (Å²) in [6, 6.07) is 72.0. The minimum absolute atomic E-state index is 0.861. The zero-order valence-electron chi connectivity index (χ0n) is 29.8. The van der Waals surface area contributed by atoms with Crippen LogP contribution in [0.3, 0.4) is 0 Å². The van der Waals surface area contributed by atoms with E-state index in [0.717, 1.165) is 50.1 Å². The van der Waals surface area contributed by atoms with E-state index in [1.165, 1.54) is 53.2 Å². The van der Waals surface area contributed by atoms with Gasteiger partial charge in [0, 0.05) is 49.2 Å². The van der Waals surface area contributed by atoms with Gasteiger partial charge < -0.3 is 9.32 Å². The van der Waals surface area contributed by atoms with Crippen LogP contribution in [-0.2, 0) is 0 Å². The Morgan fingerprint density at radius 1 is 0.382 bits per heavy atom. The lowest BCUT2D eigenvalue weighted by Gasteiger charge is -2.26. The van der Waals surface area contributed by atoms with Gasteiger partial charge in [0.25, 0.3) is 0 Å². The molecule has 0 spiro atoms. The zero-order chi connectivity index (χ0) is 36.3. The molecule has 55 heavy (non-hydrogen) atoms. The molecule has 0 saturated carbocycles. The summed E-state index contributed by atoms with van der Waals surface area (Å²) < 4.78 is 9.55. The highest BCUT2D eigenvalue weighted by molar-refractivity contribution is 7.26. The van der Waals surface area contributed by atoms with Crippen LogP contribution in [0.15, 0.2) is 205 Å². The minimum Gasteiger partial charge on any atom is -0.455 e. The highest BCUT2D eigenvalue weighted by Gasteiger charge is 2.21. The molecule has 2 nitrogen and oxygen atoms in total. The number of furan rings is 1. The van der Waals surface area contributed by atoms with Gasteiger partial charge in [0.2, 0.25) is 0 Å². The molecule has 0 aliphatic rings. The Balaban J connectivity index is 1.11. The first-order valence-electron chi connectivity index (χ1n) is 18.7. The maximum absolute atomic E-state index is 7.01. The molecule has 2 aromatic heterocycles. The van der Waals surface area contributed by atoms with Crippen LogP contribution in [0, 0.1) is 0 Å². The van der Waals surface area contributed by atoms with Gasteiger partial charge in [-0.15, -0.1) is 11.3 Å². The number of fused-ring (bicyclic) bond motifs is 7. The largest absolute Gasteiger partial charge is 0.455 e. The first-order chi connectivity index (χ1) is 27.3. The second-order valence-electron chi connectivity index (χ2n) is 14.1. The van der Waals surface area contributed by atoms with Crippen LogP contribution in [0.5, 0.6) is 0 Å². The number of anilines is 3. The Bertz CT molecular complexity index is 3180. The molecule has 0 unspecified atom stereocenters. The zero-order valence-corrected chi connectivity index (χ0v) is 30.6. The average Bonchev–Trinajstić information content (AvgIpc) is 3.82. The van der Waals surface area contributed by atoms with Gasteiger partial charge in [0.1, 0.15) is 11.2 Å². The Morgan fingerprint density at radius 3 is 1.71 bits per heavy atom. The van der Waals surface area contributed by atoms with Crippen molar-refractivity contribution in [3.8, 4) is 33.4 Å². The maximum Gasteiger partial charge on any atom is 0.143 e. The van der Waals surface area contributed by atoms with Crippen molar-refractivity contribution in [2.45, 2.75) is 0 Å². The molecule has 3 heteroatoms. The van der Waals surface area contributed by atoms with Crippen LogP contribution in [0.4, 0.5) is 17.1 Å². The Morgan fingerprint density at radius 2 is 0.964 bits per heavy atom. The number of thiophene rings is 1. The quantitative estimate of drug-likeness (QED) is 0.170. The summed E-state index contributed by atoms with van der Waals surface area (Å²) in [5, 5.41) is 7.15. The van der Waals surface area contributed by atoms with Crippen molar-refractivity contribution in [1.82, 2.24) is 0 Å². The van der Waals surface area contributed by atoms with Crippen molar-refractivity contribution in [3.63, 3.8) is 0 Å². The molecule has 2 heterocycles. The van der Waals surface area contributed by atoms with Crippen molar-refractivity contribution < 1.29 is 4.42 Å². The van der Waals surface area contributed by atoms with Gasteiger partial charge in [-0.25, -0.2) is 0 Å². The fraction of sp³-hybridized carbons (Fsp3) is 0. The van der Waals surface area contributed by atoms with E-state index in [2.05, 4.69) is 205 Å². The van der Waals surface area contributed by atoms with Crippen molar-refractivity contribution >= 4 is 81.3 Å². The average molecular weight is 720 g/mol. The molecule has 0 fully saturated rings. The molecule has 0 N–H and O–H groups in total. The highest BCUT2D eigenvalue weighted by Crippen LogP contribution is 2.47. The first kappa shape index (κ1) is 31.6. The van der Waals surface area contributed by atoms with E-state index in [9.17, 15) is 0 Å². The molecular formula is C52H33NOS. The molecule has 0 aliphatic heterocycles. The van der Waals surface area contributed by atoms with Gasteiger partial charge in [-0.2, -0.15) is 0 Å². The number of hydrogen-bond acceptors (Lipinski definition) is 3. The van der Waals surface area contributed by atoms with Crippen LogP contribution in [-0.4, -0.2) is 0 Å². The van der Waals surface area contributed by atoms with Gasteiger partial charge in [-0.05, 0) is 81.1 Å². The SMILES string of the molecule is c1ccc(-c2ccc(-c3c4ccccc4cc4c3oc3cc(N(c5ccc(-c6ccccc6)cc5)c5cccc6c5sc5ccccc56)ccc34)cc2)cc1. The first-order valence-corrected chi connectivity index (χ1v) is 19.5. The Labute approximate surface area is 322 Å². The molecule has 0 bridgehead atoms.